The highest BCUT2D eigenvalue weighted by atomic mass is 35.5. The fourth-order valence-electron chi connectivity index (χ4n) is 2.91. The predicted molar refractivity (Wildman–Crippen MR) is 96.5 cm³/mol. The summed E-state index contributed by atoms with van der Waals surface area (Å²) in [5, 5.41) is 13.6. The molecule has 0 radical (unpaired) electrons. The summed E-state index contributed by atoms with van der Waals surface area (Å²) in [6.07, 6.45) is 0.872. The summed E-state index contributed by atoms with van der Waals surface area (Å²) in [5.74, 6) is -0.117. The molecule has 134 valence electrons. The number of aryl methyl sites for hydroxylation is 1. The van der Waals surface area contributed by atoms with Crippen LogP contribution in [0.15, 0.2) is 18.2 Å². The molecule has 1 aromatic carbocycles. The molecule has 0 spiro atoms. The van der Waals surface area contributed by atoms with Gasteiger partial charge in [-0.25, -0.2) is 0 Å². The lowest BCUT2D eigenvalue weighted by Gasteiger charge is -2.42. The Morgan fingerprint density at radius 3 is 2.71 bits per heavy atom. The maximum absolute atomic E-state index is 12.2. The van der Waals surface area contributed by atoms with Gasteiger partial charge in [-0.05, 0) is 30.4 Å². The zero-order chi connectivity index (χ0) is 17.2. The predicted octanol–water partition coefficient (Wildman–Crippen LogP) is 2.32. The maximum Gasteiger partial charge on any atom is 0.269 e. The molecule has 2 rings (SSSR count). The van der Waals surface area contributed by atoms with Gasteiger partial charge in [0, 0.05) is 37.0 Å². The molecule has 1 amide bonds. The minimum atomic E-state index is -0.447. The molecule has 1 aromatic rings. The number of hydrogen-bond acceptors (Lipinski definition) is 5. The second kappa shape index (κ2) is 7.92. The number of hydrogen-bond donors (Lipinski definition) is 2. The Labute approximate surface area is 148 Å². The number of likely N-dealkylation sites (tertiary alicyclic amines) is 1. The number of nitrogens with zero attached hydrogens (tertiary/aromatic N) is 2. The third-order valence-electron chi connectivity index (χ3n) is 4.45. The van der Waals surface area contributed by atoms with Gasteiger partial charge in [0.25, 0.3) is 5.69 Å². The fraction of sp³-hybridized carbons (Fsp3) is 0.562. The van der Waals surface area contributed by atoms with Crippen LogP contribution in [0.25, 0.3) is 0 Å². The molecule has 1 heterocycles. The lowest BCUT2D eigenvalue weighted by atomic mass is 9.80. The Kier molecular flexibility index (Phi) is 6.71. The molecule has 1 saturated heterocycles. The van der Waals surface area contributed by atoms with Crippen LogP contribution >= 0.6 is 12.4 Å². The maximum atomic E-state index is 12.2. The highest BCUT2D eigenvalue weighted by molar-refractivity contribution is 5.93. The average Bonchev–Trinajstić information content (AvgIpc) is 2.44. The van der Waals surface area contributed by atoms with Crippen molar-refractivity contribution in [2.45, 2.75) is 33.2 Å². The van der Waals surface area contributed by atoms with Gasteiger partial charge >= 0.3 is 0 Å². The van der Waals surface area contributed by atoms with Crippen molar-refractivity contribution in [3.8, 4) is 0 Å². The Morgan fingerprint density at radius 2 is 2.17 bits per heavy atom. The van der Waals surface area contributed by atoms with Crippen LogP contribution in [0, 0.1) is 22.5 Å². The van der Waals surface area contributed by atoms with E-state index in [0.717, 1.165) is 19.5 Å². The van der Waals surface area contributed by atoms with Crippen molar-refractivity contribution >= 4 is 29.7 Å². The monoisotopic (exact) mass is 356 g/mol. The van der Waals surface area contributed by atoms with E-state index in [1.165, 1.54) is 12.1 Å². The van der Waals surface area contributed by atoms with Crippen LogP contribution in [-0.2, 0) is 4.79 Å². The van der Waals surface area contributed by atoms with Gasteiger partial charge in [-0.2, -0.15) is 0 Å². The molecule has 0 saturated carbocycles. The van der Waals surface area contributed by atoms with Crippen molar-refractivity contribution in [2.75, 3.05) is 25.0 Å². The summed E-state index contributed by atoms with van der Waals surface area (Å²) < 4.78 is 0. The zero-order valence-corrected chi connectivity index (χ0v) is 15.1. The first kappa shape index (κ1) is 20.3. The first-order valence-electron chi connectivity index (χ1n) is 7.72. The van der Waals surface area contributed by atoms with Crippen LogP contribution in [0.4, 0.5) is 11.4 Å². The smallest absolute Gasteiger partial charge is 0.269 e. The lowest BCUT2D eigenvalue weighted by Crippen LogP contribution is -2.53. The first-order chi connectivity index (χ1) is 10.7. The van der Waals surface area contributed by atoms with Crippen molar-refractivity contribution < 1.29 is 9.72 Å². The third-order valence-corrected chi connectivity index (χ3v) is 4.45. The molecule has 1 fully saturated rings. The third kappa shape index (κ3) is 4.90. The van der Waals surface area contributed by atoms with E-state index < -0.39 is 4.92 Å². The number of benzene rings is 1. The van der Waals surface area contributed by atoms with Crippen LogP contribution in [-0.4, -0.2) is 41.4 Å². The second-order valence-corrected chi connectivity index (χ2v) is 6.90. The standard InChI is InChI=1S/C16H24N4O3.ClH/c1-11-8-12(20(22)23)4-5-13(11)18-15(21)9-19-7-6-14(17)16(2,3)10-19;/h4-5,8,14H,6-7,9-10,17H2,1-3H3,(H,18,21);1H. The van der Waals surface area contributed by atoms with E-state index in [9.17, 15) is 14.9 Å². The summed E-state index contributed by atoms with van der Waals surface area (Å²) in [7, 11) is 0. The molecule has 0 aromatic heterocycles. The van der Waals surface area contributed by atoms with Gasteiger partial charge < -0.3 is 11.1 Å². The normalized spacial score (nSPS) is 20.1. The largest absolute Gasteiger partial charge is 0.327 e. The SMILES string of the molecule is Cc1cc([N+](=O)[O-])ccc1NC(=O)CN1CCC(N)C(C)(C)C1.Cl. The van der Waals surface area contributed by atoms with E-state index in [4.69, 9.17) is 5.73 Å². The number of piperidine rings is 1. The van der Waals surface area contributed by atoms with Gasteiger partial charge in [-0.3, -0.25) is 19.8 Å². The number of carbonyl (C=O) groups is 1. The molecular weight excluding hydrogens is 332 g/mol. The molecule has 1 aliphatic rings. The van der Waals surface area contributed by atoms with Gasteiger partial charge in [-0.1, -0.05) is 13.8 Å². The number of halogens is 1. The van der Waals surface area contributed by atoms with Gasteiger partial charge in [0.05, 0.1) is 11.5 Å². The topological polar surface area (TPSA) is 102 Å². The Morgan fingerprint density at radius 1 is 1.50 bits per heavy atom. The number of carbonyl (C=O) groups excluding carboxylic acids is 1. The van der Waals surface area contributed by atoms with E-state index in [0.29, 0.717) is 17.8 Å². The molecule has 1 atom stereocenters. The molecule has 0 bridgehead atoms. The van der Waals surface area contributed by atoms with E-state index in [2.05, 4.69) is 24.1 Å². The molecule has 8 heteroatoms. The number of nitrogens with two attached hydrogens (primary N) is 1. The summed E-state index contributed by atoms with van der Waals surface area (Å²) in [6, 6.07) is 4.57. The van der Waals surface area contributed by atoms with E-state index >= 15 is 0 Å². The molecular formula is C16H25ClN4O3. The van der Waals surface area contributed by atoms with Crippen molar-refractivity contribution in [2.24, 2.45) is 11.1 Å². The Hall–Kier alpha value is -1.70. The number of non-ortho nitro benzene ring substituents is 1. The summed E-state index contributed by atoms with van der Waals surface area (Å²) in [4.78, 5) is 24.6. The van der Waals surface area contributed by atoms with Gasteiger partial charge in [-0.15, -0.1) is 12.4 Å². The molecule has 1 aliphatic heterocycles. The zero-order valence-electron chi connectivity index (χ0n) is 14.2. The van der Waals surface area contributed by atoms with Crippen LogP contribution in [0.5, 0.6) is 0 Å². The van der Waals surface area contributed by atoms with Crippen LogP contribution < -0.4 is 11.1 Å². The fourth-order valence-corrected chi connectivity index (χ4v) is 2.91. The highest BCUT2D eigenvalue weighted by Crippen LogP contribution is 2.27. The molecule has 24 heavy (non-hydrogen) atoms. The van der Waals surface area contributed by atoms with Gasteiger partial charge in [0.1, 0.15) is 0 Å². The number of nitrogens with one attached hydrogen (secondary N) is 1. The molecule has 3 N–H and O–H groups in total. The number of amides is 1. The minimum Gasteiger partial charge on any atom is -0.327 e. The van der Waals surface area contributed by atoms with E-state index in [1.54, 1.807) is 13.0 Å². The van der Waals surface area contributed by atoms with Crippen molar-refractivity contribution in [3.63, 3.8) is 0 Å². The molecule has 1 unspecified atom stereocenters. The van der Waals surface area contributed by atoms with E-state index in [1.807, 2.05) is 0 Å². The number of nitro groups is 1. The number of nitro benzene ring substituents is 1. The van der Waals surface area contributed by atoms with Gasteiger partial charge in [0.15, 0.2) is 0 Å². The minimum absolute atomic E-state index is 0. The first-order valence-corrected chi connectivity index (χ1v) is 7.72. The quantitative estimate of drug-likeness (QED) is 0.636. The second-order valence-electron chi connectivity index (χ2n) is 6.90. The van der Waals surface area contributed by atoms with E-state index in [-0.39, 0.29) is 35.5 Å². The Balaban J connectivity index is 0.00000288. The average molecular weight is 357 g/mol. The summed E-state index contributed by atoms with van der Waals surface area (Å²) >= 11 is 0. The van der Waals surface area contributed by atoms with Crippen molar-refractivity contribution in [1.29, 1.82) is 0 Å². The lowest BCUT2D eigenvalue weighted by molar-refractivity contribution is -0.384. The van der Waals surface area contributed by atoms with Crippen molar-refractivity contribution in [3.05, 3.63) is 33.9 Å². The summed E-state index contributed by atoms with van der Waals surface area (Å²) in [6.45, 7) is 7.85. The van der Waals surface area contributed by atoms with Crippen molar-refractivity contribution in [1.82, 2.24) is 4.90 Å². The molecule has 0 aliphatic carbocycles. The number of rotatable bonds is 4. The number of anilines is 1. The van der Waals surface area contributed by atoms with Crippen LogP contribution in [0.1, 0.15) is 25.8 Å². The highest BCUT2D eigenvalue weighted by Gasteiger charge is 2.33. The van der Waals surface area contributed by atoms with Gasteiger partial charge in [0.2, 0.25) is 5.91 Å². The summed E-state index contributed by atoms with van der Waals surface area (Å²) in [5.41, 5.74) is 7.39. The molecule has 7 nitrogen and oxygen atoms in total. The van der Waals surface area contributed by atoms with Crippen LogP contribution in [0.3, 0.4) is 0 Å². The Bertz CT molecular complexity index is 621. The van der Waals surface area contributed by atoms with Crippen LogP contribution in [0.2, 0.25) is 0 Å².